The zero-order valence-electron chi connectivity index (χ0n) is 26.7. The lowest BCUT2D eigenvalue weighted by Crippen LogP contribution is -2.58. The molecule has 1 heterocycles. The predicted octanol–water partition coefficient (Wildman–Crippen LogP) is 9.06. The number of amides is 2. The smallest absolute Gasteiger partial charge is 0.233 e. The van der Waals surface area contributed by atoms with Crippen LogP contribution >= 0.6 is 35.0 Å². The van der Waals surface area contributed by atoms with Crippen molar-refractivity contribution >= 4 is 56.7 Å². The lowest BCUT2D eigenvalue weighted by Gasteiger charge is -2.53. The highest BCUT2D eigenvalue weighted by molar-refractivity contribution is 7.99. The summed E-state index contributed by atoms with van der Waals surface area (Å²) >= 11 is 14.6. The Bertz CT molecular complexity index is 1610. The normalized spacial score (nSPS) is 22.4. The highest BCUT2D eigenvalue weighted by atomic mass is 35.5. The number of hydrogen-bond acceptors (Lipinski definition) is 5. The summed E-state index contributed by atoms with van der Waals surface area (Å²) in [5, 5.41) is 1.57. The highest BCUT2D eigenvalue weighted by Gasteiger charge is 2.53. The van der Waals surface area contributed by atoms with Crippen molar-refractivity contribution in [2.45, 2.75) is 82.5 Å². The van der Waals surface area contributed by atoms with E-state index >= 15 is 0 Å². The molecule has 0 radical (unpaired) electrons. The first-order valence-corrected chi connectivity index (χ1v) is 18.6. The van der Waals surface area contributed by atoms with Gasteiger partial charge in [-0.25, -0.2) is 8.99 Å². The number of thioether (sulfide) groups is 1. The molecule has 4 rings (SSSR count). The van der Waals surface area contributed by atoms with E-state index in [1.807, 2.05) is 67.3 Å². The third-order valence-electron chi connectivity index (χ3n) is 8.48. The fraction of sp³-hybridized carbons (Fsp3) is 0.429. The van der Waals surface area contributed by atoms with Crippen LogP contribution in [-0.4, -0.2) is 38.0 Å². The molecular weight excluding hydrogens is 645 g/mol. The van der Waals surface area contributed by atoms with Crippen LogP contribution in [0.3, 0.4) is 0 Å². The fourth-order valence-corrected chi connectivity index (χ4v) is 8.62. The van der Waals surface area contributed by atoms with Gasteiger partial charge in [0.15, 0.2) is 9.92 Å². The molecule has 0 bridgehead atoms. The Hall–Kier alpha value is -2.52. The first kappa shape index (κ1) is 35.3. The van der Waals surface area contributed by atoms with E-state index in [2.05, 4.69) is 32.4 Å². The van der Waals surface area contributed by atoms with Crippen molar-refractivity contribution in [1.29, 1.82) is 4.78 Å². The van der Waals surface area contributed by atoms with Gasteiger partial charge in [-0.2, -0.15) is 11.8 Å². The summed E-state index contributed by atoms with van der Waals surface area (Å²) in [5.74, 6) is -0.0867. The van der Waals surface area contributed by atoms with Crippen molar-refractivity contribution in [3.8, 4) is 0 Å². The third kappa shape index (κ3) is 8.45. The second-order valence-electron chi connectivity index (χ2n) is 12.9. The van der Waals surface area contributed by atoms with E-state index in [0.717, 1.165) is 22.4 Å². The number of rotatable bonds is 11. The van der Waals surface area contributed by atoms with Crippen molar-refractivity contribution < 1.29 is 13.8 Å². The maximum Gasteiger partial charge on any atom is 0.233 e. The lowest BCUT2D eigenvalue weighted by atomic mass is 9.66. The second kappa shape index (κ2) is 14.5. The van der Waals surface area contributed by atoms with E-state index in [9.17, 15) is 13.8 Å². The van der Waals surface area contributed by atoms with Crippen LogP contribution in [0.5, 0.6) is 0 Å². The van der Waals surface area contributed by atoms with Crippen LogP contribution in [0.25, 0.3) is 0 Å². The number of hydrogen-bond donors (Lipinski definition) is 2. The maximum absolute atomic E-state index is 14.9. The van der Waals surface area contributed by atoms with E-state index in [-0.39, 0.29) is 41.1 Å². The summed E-state index contributed by atoms with van der Waals surface area (Å²) in [6, 6.07) is 21.6. The number of likely N-dealkylation sites (tertiary alicyclic amines) is 1. The Morgan fingerprint density at radius 2 is 1.67 bits per heavy atom. The molecule has 5 atom stereocenters. The molecule has 1 aliphatic rings. The molecule has 2 N–H and O–H groups in total. The molecule has 0 spiro atoms. The number of aryl methyl sites for hydroxylation is 1. The molecular formula is C35H43Cl2N3O3S2. The van der Waals surface area contributed by atoms with Gasteiger partial charge >= 0.3 is 0 Å². The molecule has 3 aromatic carbocycles. The van der Waals surface area contributed by atoms with Gasteiger partial charge in [0.05, 0.1) is 16.4 Å². The van der Waals surface area contributed by atoms with Crippen molar-refractivity contribution in [3.05, 3.63) is 99.5 Å². The standard InChI is InChI=1S/C35H43Cl2N3O3S2/c1-22(2)31(21-44-23(3)4)40-33(25-12-14-27(36)15-13-25)30(26-8-7-9-28(37)18-26)19-35(6,34(40)42)20-32(41)39-45(38,43)29-16-10-24(5)11-17-29/h7-18,22-23,30-31,33H,19-21H2,1-6H3,(H2,38,39,41,43)/t30-,31-,33-,35-,45?/m1/s1. The molecule has 10 heteroatoms. The highest BCUT2D eigenvalue weighted by Crippen LogP contribution is 2.52. The summed E-state index contributed by atoms with van der Waals surface area (Å²) in [6.45, 7) is 12.3. The number of benzene rings is 3. The van der Waals surface area contributed by atoms with Gasteiger partial charge in [0, 0.05) is 34.2 Å². The topological polar surface area (TPSA) is 90.3 Å². The number of nitrogens with zero attached hydrogens (tertiary/aromatic N) is 1. The average molecular weight is 689 g/mol. The fourth-order valence-electron chi connectivity index (χ4n) is 6.14. The Labute approximate surface area is 282 Å². The van der Waals surface area contributed by atoms with Gasteiger partial charge in [0.1, 0.15) is 0 Å². The molecule has 0 aromatic heterocycles. The Balaban J connectivity index is 1.81. The average Bonchev–Trinajstić information content (AvgIpc) is 2.95. The maximum atomic E-state index is 14.9. The molecule has 6 nitrogen and oxygen atoms in total. The molecule has 0 aliphatic carbocycles. The minimum Gasteiger partial charge on any atom is -0.330 e. The monoisotopic (exact) mass is 687 g/mol. The van der Waals surface area contributed by atoms with Crippen LogP contribution in [0.15, 0.2) is 77.7 Å². The molecule has 1 aliphatic heterocycles. The summed E-state index contributed by atoms with van der Waals surface area (Å²) in [6.07, 6.45) is 0.145. The molecule has 2 amide bonds. The molecule has 3 aromatic rings. The number of carbonyl (C=O) groups is 2. The van der Waals surface area contributed by atoms with Gasteiger partial charge in [-0.3, -0.25) is 14.3 Å². The largest absolute Gasteiger partial charge is 0.330 e. The Morgan fingerprint density at radius 1 is 1.02 bits per heavy atom. The van der Waals surface area contributed by atoms with Gasteiger partial charge < -0.3 is 4.90 Å². The van der Waals surface area contributed by atoms with Gasteiger partial charge in [-0.1, -0.05) is 99.8 Å². The third-order valence-corrected chi connectivity index (χ3v) is 11.6. The molecule has 0 saturated carbocycles. The summed E-state index contributed by atoms with van der Waals surface area (Å²) in [5.41, 5.74) is 1.74. The first-order valence-electron chi connectivity index (χ1n) is 15.2. The number of halogens is 2. The second-order valence-corrected chi connectivity index (χ2v) is 17.2. The number of nitrogens with one attached hydrogen (secondary N) is 2. The van der Waals surface area contributed by atoms with E-state index in [0.29, 0.717) is 21.7 Å². The Morgan fingerprint density at radius 3 is 2.24 bits per heavy atom. The minimum absolute atomic E-state index is 0.125. The number of piperidine rings is 1. The van der Waals surface area contributed by atoms with Gasteiger partial charge in [0.2, 0.25) is 11.8 Å². The Kier molecular flexibility index (Phi) is 11.4. The number of carbonyl (C=O) groups excluding carboxylic acids is 2. The van der Waals surface area contributed by atoms with E-state index in [1.54, 1.807) is 36.0 Å². The lowest BCUT2D eigenvalue weighted by molar-refractivity contribution is -0.157. The first-order chi connectivity index (χ1) is 21.1. The summed E-state index contributed by atoms with van der Waals surface area (Å²) < 4.78 is 24.3. The minimum atomic E-state index is -3.62. The van der Waals surface area contributed by atoms with Crippen molar-refractivity contribution in [1.82, 2.24) is 9.62 Å². The van der Waals surface area contributed by atoms with Crippen LogP contribution in [0, 0.1) is 23.0 Å². The quantitative estimate of drug-likeness (QED) is 0.210. The van der Waals surface area contributed by atoms with Crippen LogP contribution < -0.4 is 4.72 Å². The van der Waals surface area contributed by atoms with Gasteiger partial charge in [-0.05, 0) is 72.0 Å². The van der Waals surface area contributed by atoms with Crippen LogP contribution in [0.4, 0.5) is 0 Å². The van der Waals surface area contributed by atoms with E-state index in [4.69, 9.17) is 28.0 Å². The summed E-state index contributed by atoms with van der Waals surface area (Å²) in [4.78, 5) is 30.7. The zero-order chi connectivity index (χ0) is 33.1. The molecule has 1 unspecified atom stereocenters. The zero-order valence-corrected chi connectivity index (χ0v) is 29.8. The van der Waals surface area contributed by atoms with E-state index < -0.39 is 21.2 Å². The van der Waals surface area contributed by atoms with Gasteiger partial charge in [0.25, 0.3) is 0 Å². The molecule has 242 valence electrons. The van der Waals surface area contributed by atoms with Crippen LogP contribution in [-0.2, 0) is 19.5 Å². The summed E-state index contributed by atoms with van der Waals surface area (Å²) in [7, 11) is -3.62. The SMILES string of the molecule is Cc1ccc(S(=N)(=O)NC(=O)C[C@@]2(C)C[C@H](c3cccc(Cl)c3)[C@@H](c3ccc(Cl)cc3)N([C@H](CSC(C)C)C(C)C)C2=O)cc1. The van der Waals surface area contributed by atoms with Crippen molar-refractivity contribution in [2.75, 3.05) is 5.75 Å². The predicted molar refractivity (Wildman–Crippen MR) is 187 cm³/mol. The van der Waals surface area contributed by atoms with E-state index in [1.165, 1.54) is 0 Å². The van der Waals surface area contributed by atoms with Crippen LogP contribution in [0.1, 0.15) is 76.1 Å². The van der Waals surface area contributed by atoms with Crippen molar-refractivity contribution in [2.24, 2.45) is 11.3 Å². The molecule has 1 saturated heterocycles. The van der Waals surface area contributed by atoms with Gasteiger partial charge in [-0.15, -0.1) is 0 Å². The van der Waals surface area contributed by atoms with Crippen molar-refractivity contribution in [3.63, 3.8) is 0 Å². The molecule has 45 heavy (non-hydrogen) atoms. The molecule has 1 fully saturated rings. The van der Waals surface area contributed by atoms with Crippen LogP contribution in [0.2, 0.25) is 10.0 Å².